The quantitative estimate of drug-likeness (QED) is 0.236. The number of esters is 1. The Morgan fingerprint density at radius 3 is 2.33 bits per heavy atom. The molecule has 180 valence electrons. The van der Waals surface area contributed by atoms with Gasteiger partial charge >= 0.3 is 12.1 Å². The Morgan fingerprint density at radius 2 is 1.70 bits per heavy atom. The molecule has 0 aliphatic carbocycles. The maximum atomic E-state index is 12.5. The van der Waals surface area contributed by atoms with E-state index < -0.39 is 11.7 Å². The number of carbonyl (C=O) groups excluding carboxylic acids is 2. The van der Waals surface area contributed by atoms with E-state index in [2.05, 4.69) is 37.2 Å². The normalized spacial score (nSPS) is 12.0. The van der Waals surface area contributed by atoms with Crippen LogP contribution in [0.2, 0.25) is 0 Å². The first-order valence-electron chi connectivity index (χ1n) is 10.9. The van der Waals surface area contributed by atoms with Crippen LogP contribution in [0, 0.1) is 5.92 Å². The fraction of sp³-hybridized carbons (Fsp3) is 0.440. The lowest BCUT2D eigenvalue weighted by Crippen LogP contribution is -2.33. The number of ether oxygens (including phenoxy) is 3. The number of alkyl carbamates (subject to hydrolysis) is 1. The standard InChI is InChI=1S/C25H31Br2NO5/c1-25(2,3)33-24(30)28-11-7-10-19(17-31-22-14-20(26)13-21(27)15-22)12-23(29)32-16-18-8-5-4-6-9-18/h4-6,8-9,13-15,19H,7,10-12,16-17H2,1-3H3,(H,28,30)/t19-/m0/s1. The molecule has 33 heavy (non-hydrogen) atoms. The molecule has 1 N–H and O–H groups in total. The molecule has 0 bridgehead atoms. The Balaban J connectivity index is 1.87. The highest BCUT2D eigenvalue weighted by atomic mass is 79.9. The minimum absolute atomic E-state index is 0.0635. The second kappa shape index (κ2) is 13.6. The molecular formula is C25H31Br2NO5. The summed E-state index contributed by atoms with van der Waals surface area (Å²) >= 11 is 6.90. The van der Waals surface area contributed by atoms with Crippen molar-refractivity contribution in [1.29, 1.82) is 0 Å². The molecule has 0 spiro atoms. The minimum atomic E-state index is -0.540. The van der Waals surface area contributed by atoms with Gasteiger partial charge in [-0.2, -0.15) is 0 Å². The number of nitrogens with one attached hydrogen (secondary N) is 1. The molecule has 0 saturated heterocycles. The lowest BCUT2D eigenvalue weighted by molar-refractivity contribution is -0.146. The molecule has 0 aromatic heterocycles. The van der Waals surface area contributed by atoms with Crippen LogP contribution in [0.15, 0.2) is 57.5 Å². The summed E-state index contributed by atoms with van der Waals surface area (Å²) in [6, 6.07) is 15.3. The van der Waals surface area contributed by atoms with E-state index in [1.807, 2.05) is 69.3 Å². The second-order valence-electron chi connectivity index (χ2n) is 8.70. The van der Waals surface area contributed by atoms with Gasteiger partial charge in [0, 0.05) is 21.4 Å². The summed E-state index contributed by atoms with van der Waals surface area (Å²) in [5.41, 5.74) is 0.403. The monoisotopic (exact) mass is 583 g/mol. The molecule has 6 nitrogen and oxygen atoms in total. The fourth-order valence-electron chi connectivity index (χ4n) is 3.00. The molecule has 1 amide bonds. The van der Waals surface area contributed by atoms with Crippen LogP contribution in [0.1, 0.15) is 45.6 Å². The van der Waals surface area contributed by atoms with E-state index in [0.717, 1.165) is 14.5 Å². The predicted octanol–water partition coefficient (Wildman–Crippen LogP) is 6.65. The van der Waals surface area contributed by atoms with Crippen LogP contribution in [0.4, 0.5) is 4.79 Å². The fourth-order valence-corrected chi connectivity index (χ4v) is 4.25. The van der Waals surface area contributed by atoms with Crippen molar-refractivity contribution < 1.29 is 23.8 Å². The molecular weight excluding hydrogens is 554 g/mol. The van der Waals surface area contributed by atoms with Gasteiger partial charge in [-0.05, 0) is 57.4 Å². The van der Waals surface area contributed by atoms with Gasteiger partial charge in [0.15, 0.2) is 0 Å². The number of rotatable bonds is 11. The molecule has 0 radical (unpaired) electrons. The molecule has 0 unspecified atom stereocenters. The van der Waals surface area contributed by atoms with Crippen molar-refractivity contribution in [3.8, 4) is 5.75 Å². The van der Waals surface area contributed by atoms with Crippen LogP contribution >= 0.6 is 31.9 Å². The van der Waals surface area contributed by atoms with Crippen LogP contribution in [0.5, 0.6) is 5.75 Å². The number of carbonyl (C=O) groups is 2. The first kappa shape index (κ1) is 27.2. The molecule has 1 atom stereocenters. The molecule has 0 fully saturated rings. The third-order valence-corrected chi connectivity index (χ3v) is 5.39. The Kier molecular flexibility index (Phi) is 11.2. The van der Waals surface area contributed by atoms with Gasteiger partial charge in [0.25, 0.3) is 0 Å². The number of hydrogen-bond donors (Lipinski definition) is 1. The molecule has 0 saturated carbocycles. The molecule has 0 heterocycles. The zero-order valence-corrected chi connectivity index (χ0v) is 22.4. The topological polar surface area (TPSA) is 73.9 Å². The van der Waals surface area contributed by atoms with Crippen LogP contribution < -0.4 is 10.1 Å². The summed E-state index contributed by atoms with van der Waals surface area (Å²) in [6.07, 6.45) is 1.15. The average Bonchev–Trinajstić information content (AvgIpc) is 2.72. The van der Waals surface area contributed by atoms with Crippen molar-refractivity contribution in [2.45, 2.75) is 52.2 Å². The summed E-state index contributed by atoms with van der Waals surface area (Å²) in [5, 5.41) is 2.75. The number of hydrogen-bond acceptors (Lipinski definition) is 5. The predicted molar refractivity (Wildman–Crippen MR) is 135 cm³/mol. The summed E-state index contributed by atoms with van der Waals surface area (Å²) in [7, 11) is 0. The number of halogens is 2. The first-order chi connectivity index (χ1) is 15.6. The van der Waals surface area contributed by atoms with Crippen molar-refractivity contribution >= 4 is 43.9 Å². The summed E-state index contributed by atoms with van der Waals surface area (Å²) in [5.74, 6) is 0.361. The minimum Gasteiger partial charge on any atom is -0.493 e. The maximum Gasteiger partial charge on any atom is 0.407 e. The Hall–Kier alpha value is -2.06. The summed E-state index contributed by atoms with van der Waals surface area (Å²) in [4.78, 5) is 24.3. The van der Waals surface area contributed by atoms with Crippen LogP contribution in [0.25, 0.3) is 0 Å². The Bertz CT molecular complexity index is 879. The van der Waals surface area contributed by atoms with Gasteiger partial charge < -0.3 is 19.5 Å². The van der Waals surface area contributed by atoms with E-state index in [0.29, 0.717) is 31.7 Å². The van der Waals surface area contributed by atoms with Gasteiger partial charge in [-0.3, -0.25) is 4.79 Å². The van der Waals surface area contributed by atoms with Crippen molar-refractivity contribution in [3.63, 3.8) is 0 Å². The smallest absolute Gasteiger partial charge is 0.407 e. The van der Waals surface area contributed by atoms with Gasteiger partial charge in [0.2, 0.25) is 0 Å². The third kappa shape index (κ3) is 12.1. The van der Waals surface area contributed by atoms with Gasteiger partial charge in [-0.25, -0.2) is 4.79 Å². The van der Waals surface area contributed by atoms with E-state index in [-0.39, 0.29) is 24.9 Å². The van der Waals surface area contributed by atoms with Crippen LogP contribution in [-0.4, -0.2) is 30.8 Å². The SMILES string of the molecule is CC(C)(C)OC(=O)NCCC[C@H](COc1cc(Br)cc(Br)c1)CC(=O)OCc1ccccc1. The Labute approximate surface area is 212 Å². The summed E-state index contributed by atoms with van der Waals surface area (Å²) < 4.78 is 18.5. The molecule has 2 aromatic carbocycles. The number of amides is 1. The lowest BCUT2D eigenvalue weighted by Gasteiger charge is -2.20. The molecule has 0 aliphatic rings. The van der Waals surface area contributed by atoms with Crippen molar-refractivity contribution in [1.82, 2.24) is 5.32 Å². The molecule has 2 rings (SSSR count). The molecule has 2 aromatic rings. The second-order valence-corrected chi connectivity index (χ2v) is 10.5. The van der Waals surface area contributed by atoms with E-state index in [1.165, 1.54) is 0 Å². The van der Waals surface area contributed by atoms with Crippen molar-refractivity contribution in [2.24, 2.45) is 5.92 Å². The van der Waals surface area contributed by atoms with E-state index in [1.54, 1.807) is 0 Å². The zero-order chi connectivity index (χ0) is 24.3. The average molecular weight is 585 g/mol. The lowest BCUT2D eigenvalue weighted by atomic mass is 10.0. The molecule has 8 heteroatoms. The van der Waals surface area contributed by atoms with Gasteiger partial charge in [0.05, 0.1) is 13.0 Å². The highest BCUT2D eigenvalue weighted by Crippen LogP contribution is 2.26. The molecule has 0 aliphatic heterocycles. The van der Waals surface area contributed by atoms with E-state index in [4.69, 9.17) is 14.2 Å². The third-order valence-electron chi connectivity index (χ3n) is 4.48. The van der Waals surface area contributed by atoms with Crippen LogP contribution in [-0.2, 0) is 20.9 Å². The highest BCUT2D eigenvalue weighted by molar-refractivity contribution is 9.11. The van der Waals surface area contributed by atoms with Gasteiger partial charge in [0.1, 0.15) is 18.0 Å². The largest absolute Gasteiger partial charge is 0.493 e. The number of benzene rings is 2. The van der Waals surface area contributed by atoms with E-state index >= 15 is 0 Å². The van der Waals surface area contributed by atoms with Crippen molar-refractivity contribution in [2.75, 3.05) is 13.2 Å². The van der Waals surface area contributed by atoms with Gasteiger partial charge in [-0.1, -0.05) is 62.2 Å². The Morgan fingerprint density at radius 1 is 1.03 bits per heavy atom. The first-order valence-corrected chi connectivity index (χ1v) is 12.4. The van der Waals surface area contributed by atoms with E-state index in [9.17, 15) is 9.59 Å². The van der Waals surface area contributed by atoms with Gasteiger partial charge in [-0.15, -0.1) is 0 Å². The van der Waals surface area contributed by atoms with Crippen molar-refractivity contribution in [3.05, 3.63) is 63.0 Å². The summed E-state index contributed by atoms with van der Waals surface area (Å²) in [6.45, 7) is 6.51. The zero-order valence-electron chi connectivity index (χ0n) is 19.2. The maximum absolute atomic E-state index is 12.5. The van der Waals surface area contributed by atoms with Crippen LogP contribution in [0.3, 0.4) is 0 Å². The highest BCUT2D eigenvalue weighted by Gasteiger charge is 2.18.